The largest absolute Gasteiger partial charge is 0.465 e. The van der Waals surface area contributed by atoms with E-state index in [1.807, 2.05) is 6.26 Å². The first-order chi connectivity index (χ1) is 6.13. The molecule has 0 radical (unpaired) electrons. The normalized spacial score (nSPS) is 9.69. The minimum Gasteiger partial charge on any atom is -0.465 e. The molecule has 0 saturated carbocycles. The van der Waals surface area contributed by atoms with Crippen molar-refractivity contribution in [3.8, 4) is 0 Å². The molecular formula is C8H8ClNO2S. The second kappa shape index (κ2) is 4.39. The van der Waals surface area contributed by atoms with Crippen molar-refractivity contribution >= 4 is 35.1 Å². The summed E-state index contributed by atoms with van der Waals surface area (Å²) in [4.78, 5) is 11.2. The van der Waals surface area contributed by atoms with E-state index >= 15 is 0 Å². The summed E-state index contributed by atoms with van der Waals surface area (Å²) < 4.78 is 0. The van der Waals surface area contributed by atoms with Crippen molar-refractivity contribution in [2.75, 3.05) is 11.6 Å². The summed E-state index contributed by atoms with van der Waals surface area (Å²) >= 11 is 7.38. The van der Waals surface area contributed by atoms with E-state index in [4.69, 9.17) is 16.7 Å². The monoisotopic (exact) mass is 217 g/mol. The number of hydrogen-bond acceptors (Lipinski definition) is 2. The van der Waals surface area contributed by atoms with Crippen LogP contribution >= 0.6 is 23.4 Å². The van der Waals surface area contributed by atoms with Crippen molar-refractivity contribution in [2.24, 2.45) is 0 Å². The van der Waals surface area contributed by atoms with Crippen molar-refractivity contribution in [2.45, 2.75) is 4.90 Å². The van der Waals surface area contributed by atoms with Gasteiger partial charge in [-0.2, -0.15) is 0 Å². The zero-order valence-corrected chi connectivity index (χ0v) is 8.45. The molecule has 0 unspecified atom stereocenters. The first kappa shape index (κ1) is 10.2. The molecule has 0 bridgehead atoms. The molecule has 5 heteroatoms. The van der Waals surface area contributed by atoms with Crippen LogP contribution in [0.5, 0.6) is 0 Å². The number of anilines is 1. The topological polar surface area (TPSA) is 49.3 Å². The maximum atomic E-state index is 10.3. The van der Waals surface area contributed by atoms with Gasteiger partial charge >= 0.3 is 6.09 Å². The van der Waals surface area contributed by atoms with Gasteiger partial charge in [-0.1, -0.05) is 11.6 Å². The summed E-state index contributed by atoms with van der Waals surface area (Å²) in [6.07, 6.45) is 0.818. The maximum Gasteiger partial charge on any atom is 0.409 e. The lowest BCUT2D eigenvalue weighted by atomic mass is 10.3. The molecule has 0 heterocycles. The van der Waals surface area contributed by atoms with Crippen molar-refractivity contribution in [3.63, 3.8) is 0 Å². The van der Waals surface area contributed by atoms with Gasteiger partial charge in [-0.05, 0) is 24.5 Å². The third kappa shape index (κ3) is 2.82. The van der Waals surface area contributed by atoms with E-state index in [1.54, 1.807) is 18.2 Å². The second-order valence-corrected chi connectivity index (χ2v) is 3.53. The van der Waals surface area contributed by atoms with E-state index in [9.17, 15) is 4.79 Å². The van der Waals surface area contributed by atoms with Crippen LogP contribution in [-0.4, -0.2) is 17.5 Å². The van der Waals surface area contributed by atoms with Gasteiger partial charge in [0.25, 0.3) is 0 Å². The Morgan fingerprint density at radius 3 is 2.77 bits per heavy atom. The maximum absolute atomic E-state index is 10.3. The molecule has 0 fully saturated rings. The van der Waals surface area contributed by atoms with Crippen LogP contribution in [0.3, 0.4) is 0 Å². The fourth-order valence-corrected chi connectivity index (χ4v) is 1.74. The third-order valence-electron chi connectivity index (χ3n) is 1.40. The number of benzene rings is 1. The van der Waals surface area contributed by atoms with Gasteiger partial charge in [0.2, 0.25) is 0 Å². The number of rotatable bonds is 2. The highest BCUT2D eigenvalue weighted by molar-refractivity contribution is 7.98. The summed E-state index contributed by atoms with van der Waals surface area (Å²) in [6.45, 7) is 0. The van der Waals surface area contributed by atoms with E-state index in [-0.39, 0.29) is 0 Å². The lowest BCUT2D eigenvalue weighted by Crippen LogP contribution is -2.06. The molecule has 0 saturated heterocycles. The summed E-state index contributed by atoms with van der Waals surface area (Å²) in [5, 5.41) is 11.2. The summed E-state index contributed by atoms with van der Waals surface area (Å²) in [5.41, 5.74) is 0.482. The Labute approximate surface area is 85.1 Å². The molecule has 70 valence electrons. The van der Waals surface area contributed by atoms with Gasteiger partial charge in [-0.25, -0.2) is 4.79 Å². The molecule has 0 aliphatic rings. The number of hydrogen-bond donors (Lipinski definition) is 2. The van der Waals surface area contributed by atoms with Gasteiger partial charge in [-0.3, -0.25) is 5.32 Å². The van der Waals surface area contributed by atoms with Gasteiger partial charge in [0.05, 0.1) is 5.02 Å². The molecule has 1 amide bonds. The Hall–Kier alpha value is -0.870. The third-order valence-corrected chi connectivity index (χ3v) is 2.62. The molecule has 0 aliphatic heterocycles. The van der Waals surface area contributed by atoms with E-state index in [2.05, 4.69) is 5.32 Å². The molecule has 1 rings (SSSR count). The Kier molecular flexibility index (Phi) is 3.45. The van der Waals surface area contributed by atoms with Crippen molar-refractivity contribution in [1.82, 2.24) is 0 Å². The number of amides is 1. The Morgan fingerprint density at radius 1 is 1.62 bits per heavy atom. The number of thioether (sulfide) groups is 1. The SMILES string of the molecule is CSc1ccc(NC(=O)O)cc1Cl. The van der Waals surface area contributed by atoms with Crippen LogP contribution in [0, 0.1) is 0 Å². The number of carbonyl (C=O) groups is 1. The number of nitrogens with one attached hydrogen (secondary N) is 1. The molecule has 13 heavy (non-hydrogen) atoms. The number of halogens is 1. The Bertz CT molecular complexity index is 330. The zero-order chi connectivity index (χ0) is 9.84. The highest BCUT2D eigenvalue weighted by atomic mass is 35.5. The smallest absolute Gasteiger partial charge is 0.409 e. The van der Waals surface area contributed by atoms with E-state index < -0.39 is 6.09 Å². The Morgan fingerprint density at radius 2 is 2.31 bits per heavy atom. The lowest BCUT2D eigenvalue weighted by molar-refractivity contribution is 0.210. The number of carboxylic acid groups (broad SMARTS) is 1. The van der Waals surface area contributed by atoms with Crippen LogP contribution in [0.15, 0.2) is 23.1 Å². The zero-order valence-electron chi connectivity index (χ0n) is 6.87. The quantitative estimate of drug-likeness (QED) is 0.749. The molecule has 0 aliphatic carbocycles. The molecule has 1 aromatic rings. The molecule has 0 aromatic heterocycles. The Balaban J connectivity index is 2.89. The fourth-order valence-electron chi connectivity index (χ4n) is 0.868. The first-order valence-corrected chi connectivity index (χ1v) is 5.07. The fraction of sp³-hybridized carbons (Fsp3) is 0.125. The van der Waals surface area contributed by atoms with Crippen LogP contribution in [0.25, 0.3) is 0 Å². The summed E-state index contributed by atoms with van der Waals surface area (Å²) in [7, 11) is 0. The molecule has 0 spiro atoms. The van der Waals surface area contributed by atoms with Crippen LogP contribution < -0.4 is 5.32 Å². The van der Waals surface area contributed by atoms with Gasteiger partial charge in [0.1, 0.15) is 0 Å². The van der Waals surface area contributed by atoms with Crippen LogP contribution in [0.4, 0.5) is 10.5 Å². The van der Waals surface area contributed by atoms with Crippen molar-refractivity contribution in [1.29, 1.82) is 0 Å². The van der Waals surface area contributed by atoms with Crippen LogP contribution in [-0.2, 0) is 0 Å². The molecule has 2 N–H and O–H groups in total. The van der Waals surface area contributed by atoms with Gasteiger partial charge in [-0.15, -0.1) is 11.8 Å². The predicted octanol–water partition coefficient (Wildman–Crippen LogP) is 3.15. The summed E-state index contributed by atoms with van der Waals surface area (Å²) in [5.74, 6) is 0. The van der Waals surface area contributed by atoms with Crippen molar-refractivity contribution < 1.29 is 9.90 Å². The molecule has 3 nitrogen and oxygen atoms in total. The highest BCUT2D eigenvalue weighted by Crippen LogP contribution is 2.27. The van der Waals surface area contributed by atoms with Crippen LogP contribution in [0.2, 0.25) is 5.02 Å². The standard InChI is InChI=1S/C8H8ClNO2S/c1-13-7-3-2-5(4-6(7)9)10-8(11)12/h2-4,10H,1H3,(H,11,12). The van der Waals surface area contributed by atoms with Crippen LogP contribution in [0.1, 0.15) is 0 Å². The molecular weight excluding hydrogens is 210 g/mol. The van der Waals surface area contributed by atoms with Gasteiger partial charge in [0.15, 0.2) is 0 Å². The first-order valence-electron chi connectivity index (χ1n) is 3.47. The average Bonchev–Trinajstić information content (AvgIpc) is 2.03. The summed E-state index contributed by atoms with van der Waals surface area (Å²) in [6, 6.07) is 5.03. The second-order valence-electron chi connectivity index (χ2n) is 2.28. The van der Waals surface area contributed by atoms with E-state index in [1.165, 1.54) is 11.8 Å². The lowest BCUT2D eigenvalue weighted by Gasteiger charge is -2.03. The highest BCUT2D eigenvalue weighted by Gasteiger charge is 2.02. The van der Waals surface area contributed by atoms with Crippen molar-refractivity contribution in [3.05, 3.63) is 23.2 Å². The van der Waals surface area contributed by atoms with Gasteiger partial charge in [0, 0.05) is 10.6 Å². The van der Waals surface area contributed by atoms with E-state index in [0.29, 0.717) is 10.7 Å². The average molecular weight is 218 g/mol. The minimum atomic E-state index is -1.09. The predicted molar refractivity (Wildman–Crippen MR) is 54.9 cm³/mol. The molecule has 1 aromatic carbocycles. The minimum absolute atomic E-state index is 0.482. The van der Waals surface area contributed by atoms with E-state index in [0.717, 1.165) is 4.90 Å². The molecule has 0 atom stereocenters. The van der Waals surface area contributed by atoms with Gasteiger partial charge < -0.3 is 5.11 Å².